The molecule has 102 valence electrons. The third kappa shape index (κ3) is 3.25. The fourth-order valence-electron chi connectivity index (χ4n) is 1.55. The second-order valence-corrected chi connectivity index (χ2v) is 7.73. The summed E-state index contributed by atoms with van der Waals surface area (Å²) in [5, 5.41) is 6.46. The fraction of sp³-hybridized carbons (Fsp3) is 0.182. The van der Waals surface area contributed by atoms with Crippen molar-refractivity contribution in [3.05, 3.63) is 45.1 Å². The summed E-state index contributed by atoms with van der Waals surface area (Å²) in [6.07, 6.45) is 3.27. The van der Waals surface area contributed by atoms with Gasteiger partial charge < -0.3 is 0 Å². The summed E-state index contributed by atoms with van der Waals surface area (Å²) in [6, 6.07) is 5.05. The van der Waals surface area contributed by atoms with Gasteiger partial charge in [-0.25, -0.2) is 8.42 Å². The number of rotatable bonds is 4. The van der Waals surface area contributed by atoms with Gasteiger partial charge in [0.25, 0.3) is 0 Å². The van der Waals surface area contributed by atoms with Crippen molar-refractivity contribution in [2.75, 3.05) is 7.05 Å². The van der Waals surface area contributed by atoms with Crippen LogP contribution >= 0.6 is 31.9 Å². The van der Waals surface area contributed by atoms with Crippen LogP contribution < -0.4 is 0 Å². The third-order valence-electron chi connectivity index (χ3n) is 2.54. The second kappa shape index (κ2) is 5.74. The van der Waals surface area contributed by atoms with Gasteiger partial charge in [0.2, 0.25) is 10.0 Å². The van der Waals surface area contributed by atoms with Gasteiger partial charge in [-0.1, -0.05) is 15.9 Å². The number of benzene rings is 1. The molecule has 0 aliphatic heterocycles. The molecule has 0 saturated carbocycles. The lowest BCUT2D eigenvalue weighted by Crippen LogP contribution is -2.26. The zero-order valence-corrected chi connectivity index (χ0v) is 14.0. The third-order valence-corrected chi connectivity index (χ3v) is 5.83. The van der Waals surface area contributed by atoms with E-state index in [1.165, 1.54) is 11.4 Å². The van der Waals surface area contributed by atoms with Gasteiger partial charge in [0.15, 0.2) is 0 Å². The summed E-state index contributed by atoms with van der Waals surface area (Å²) in [7, 11) is -2.02. The molecule has 2 rings (SSSR count). The normalized spacial score (nSPS) is 12.0. The van der Waals surface area contributed by atoms with Crippen molar-refractivity contribution >= 4 is 41.9 Å². The molecule has 1 aromatic heterocycles. The van der Waals surface area contributed by atoms with Crippen LogP contribution in [-0.4, -0.2) is 30.0 Å². The van der Waals surface area contributed by atoms with E-state index in [0.29, 0.717) is 8.95 Å². The molecule has 0 bridgehead atoms. The number of H-pyrrole nitrogens is 1. The maximum Gasteiger partial charge on any atom is 0.244 e. The minimum atomic E-state index is -3.55. The number of hydrogen-bond acceptors (Lipinski definition) is 3. The Kier molecular flexibility index (Phi) is 4.44. The Labute approximate surface area is 128 Å². The summed E-state index contributed by atoms with van der Waals surface area (Å²) >= 11 is 6.55. The largest absolute Gasteiger partial charge is 0.285 e. The van der Waals surface area contributed by atoms with Crippen molar-refractivity contribution in [3.8, 4) is 0 Å². The average molecular weight is 409 g/mol. The monoisotopic (exact) mass is 407 g/mol. The number of nitrogens with zero attached hydrogens (tertiary/aromatic N) is 2. The number of hydrogen-bond donors (Lipinski definition) is 1. The molecule has 0 aliphatic carbocycles. The number of nitrogens with one attached hydrogen (secondary N) is 1. The molecule has 1 heterocycles. The van der Waals surface area contributed by atoms with Crippen LogP contribution in [0.1, 0.15) is 5.56 Å². The highest BCUT2D eigenvalue weighted by molar-refractivity contribution is 9.11. The van der Waals surface area contributed by atoms with Crippen LogP contribution in [0.3, 0.4) is 0 Å². The van der Waals surface area contributed by atoms with Crippen LogP contribution in [0.25, 0.3) is 0 Å². The second-order valence-electron chi connectivity index (χ2n) is 3.94. The standard InChI is InChI=1S/C11H11Br2N3O2S/c1-16(7-8-5-14-15-6-8)19(17,18)11-4-9(12)2-3-10(11)13/h2-6H,7H2,1H3,(H,14,15). The number of aromatic amines is 1. The number of aromatic nitrogens is 2. The predicted molar refractivity (Wildman–Crippen MR) is 79.1 cm³/mol. The van der Waals surface area contributed by atoms with Crippen LogP contribution in [0.5, 0.6) is 0 Å². The van der Waals surface area contributed by atoms with Crippen LogP contribution in [-0.2, 0) is 16.6 Å². The van der Waals surface area contributed by atoms with Crippen molar-refractivity contribution < 1.29 is 8.42 Å². The van der Waals surface area contributed by atoms with Crippen molar-refractivity contribution in [2.45, 2.75) is 11.4 Å². The lowest BCUT2D eigenvalue weighted by atomic mass is 10.4. The highest BCUT2D eigenvalue weighted by Gasteiger charge is 2.24. The van der Waals surface area contributed by atoms with Crippen LogP contribution in [0, 0.1) is 0 Å². The van der Waals surface area contributed by atoms with E-state index in [4.69, 9.17) is 0 Å². The first-order chi connectivity index (χ1) is 8.91. The molecule has 1 N–H and O–H groups in total. The molecule has 5 nitrogen and oxygen atoms in total. The molecule has 0 saturated heterocycles. The Balaban J connectivity index is 2.33. The molecule has 1 aromatic carbocycles. The predicted octanol–water partition coefficient (Wildman–Crippen LogP) is 2.76. The van der Waals surface area contributed by atoms with Crippen molar-refractivity contribution in [2.24, 2.45) is 0 Å². The lowest BCUT2D eigenvalue weighted by molar-refractivity contribution is 0.466. The van der Waals surface area contributed by atoms with Crippen LogP contribution in [0.4, 0.5) is 0 Å². The average Bonchev–Trinajstić information content (AvgIpc) is 2.85. The zero-order valence-electron chi connectivity index (χ0n) is 9.97. The Morgan fingerprint density at radius 1 is 1.37 bits per heavy atom. The molecule has 19 heavy (non-hydrogen) atoms. The van der Waals surface area contributed by atoms with Gasteiger partial charge in [-0.3, -0.25) is 5.10 Å². The quantitative estimate of drug-likeness (QED) is 0.845. The summed E-state index contributed by atoms with van der Waals surface area (Å²) < 4.78 is 27.5. The first kappa shape index (κ1) is 14.7. The van der Waals surface area contributed by atoms with E-state index < -0.39 is 10.0 Å². The summed E-state index contributed by atoms with van der Waals surface area (Å²) in [5.41, 5.74) is 0.803. The molecule has 2 aromatic rings. The van der Waals surface area contributed by atoms with E-state index in [1.54, 1.807) is 30.6 Å². The van der Waals surface area contributed by atoms with Crippen molar-refractivity contribution in [1.29, 1.82) is 0 Å². The first-order valence-corrected chi connectivity index (χ1v) is 8.33. The van der Waals surface area contributed by atoms with Gasteiger partial charge in [0.1, 0.15) is 0 Å². The smallest absolute Gasteiger partial charge is 0.244 e. The molecular weight excluding hydrogens is 398 g/mol. The number of sulfonamides is 1. The van der Waals surface area contributed by atoms with E-state index in [0.717, 1.165) is 5.56 Å². The summed E-state index contributed by atoms with van der Waals surface area (Å²) in [6.45, 7) is 0.262. The molecule has 8 heteroatoms. The minimum Gasteiger partial charge on any atom is -0.285 e. The molecule has 0 radical (unpaired) electrons. The fourth-order valence-corrected chi connectivity index (χ4v) is 4.17. The van der Waals surface area contributed by atoms with Gasteiger partial charge in [0, 0.05) is 34.3 Å². The van der Waals surface area contributed by atoms with E-state index in [2.05, 4.69) is 42.1 Å². The van der Waals surface area contributed by atoms with Crippen molar-refractivity contribution in [3.63, 3.8) is 0 Å². The van der Waals surface area contributed by atoms with E-state index >= 15 is 0 Å². The Bertz CT molecular complexity index is 671. The van der Waals surface area contributed by atoms with E-state index in [9.17, 15) is 8.42 Å². The maximum absolute atomic E-state index is 12.5. The van der Waals surface area contributed by atoms with Crippen LogP contribution in [0.2, 0.25) is 0 Å². The molecule has 0 spiro atoms. The molecule has 0 unspecified atom stereocenters. The Morgan fingerprint density at radius 3 is 2.74 bits per heavy atom. The van der Waals surface area contributed by atoms with Gasteiger partial charge >= 0.3 is 0 Å². The molecule has 0 aliphatic rings. The first-order valence-electron chi connectivity index (χ1n) is 5.30. The molecule has 0 atom stereocenters. The highest BCUT2D eigenvalue weighted by atomic mass is 79.9. The van der Waals surface area contributed by atoms with Crippen molar-refractivity contribution in [1.82, 2.24) is 14.5 Å². The van der Waals surface area contributed by atoms with Gasteiger partial charge in [0.05, 0.1) is 11.1 Å². The van der Waals surface area contributed by atoms with Gasteiger partial charge in [-0.15, -0.1) is 0 Å². The zero-order chi connectivity index (χ0) is 14.0. The SMILES string of the molecule is CN(Cc1cn[nH]c1)S(=O)(=O)c1cc(Br)ccc1Br. The minimum absolute atomic E-state index is 0.230. The van der Waals surface area contributed by atoms with Gasteiger partial charge in [-0.2, -0.15) is 9.40 Å². The molecule has 0 amide bonds. The summed E-state index contributed by atoms with van der Waals surface area (Å²) in [4.78, 5) is 0.230. The van der Waals surface area contributed by atoms with Gasteiger partial charge in [-0.05, 0) is 34.1 Å². The van der Waals surface area contributed by atoms with E-state index in [1.807, 2.05) is 0 Å². The molecule has 0 fully saturated rings. The maximum atomic E-state index is 12.5. The highest BCUT2D eigenvalue weighted by Crippen LogP contribution is 2.28. The number of halogens is 2. The Hall–Kier alpha value is -0.700. The lowest BCUT2D eigenvalue weighted by Gasteiger charge is -2.17. The van der Waals surface area contributed by atoms with Crippen LogP contribution in [0.15, 0.2) is 44.4 Å². The molecular formula is C11H11Br2N3O2S. The topological polar surface area (TPSA) is 66.1 Å². The van der Waals surface area contributed by atoms with E-state index in [-0.39, 0.29) is 11.4 Å². The summed E-state index contributed by atoms with van der Waals surface area (Å²) in [5.74, 6) is 0. The Morgan fingerprint density at radius 2 is 2.11 bits per heavy atom.